The molecule has 0 aliphatic carbocycles. The van der Waals surface area contributed by atoms with Gasteiger partial charge in [-0.1, -0.05) is 26.0 Å². The van der Waals surface area contributed by atoms with Crippen LogP contribution in [0.5, 0.6) is 0 Å². The van der Waals surface area contributed by atoms with Crippen molar-refractivity contribution in [2.24, 2.45) is 5.92 Å². The Kier molecular flexibility index (Phi) is 5.73. The summed E-state index contributed by atoms with van der Waals surface area (Å²) < 4.78 is 1.92. The molecule has 31 heavy (non-hydrogen) atoms. The van der Waals surface area contributed by atoms with Crippen molar-refractivity contribution >= 4 is 10.9 Å². The molecule has 1 fully saturated rings. The van der Waals surface area contributed by atoms with Crippen LogP contribution in [0.15, 0.2) is 23.0 Å². The molecule has 1 N–H and O–H groups in total. The molecule has 3 heterocycles. The van der Waals surface area contributed by atoms with Gasteiger partial charge in [0.25, 0.3) is 5.56 Å². The van der Waals surface area contributed by atoms with Crippen LogP contribution in [0.25, 0.3) is 10.9 Å². The van der Waals surface area contributed by atoms with E-state index in [1.54, 1.807) is 0 Å². The summed E-state index contributed by atoms with van der Waals surface area (Å²) in [5, 5.41) is 13.9. The number of likely N-dealkylation sites (tertiary alicyclic amines) is 1. The highest BCUT2D eigenvalue weighted by atomic mass is 16.1. The SMILES string of the molecule is CCC(C)(C)n1nnnc1C(c1cc2ccc(C)c(C)c2[nH]c1=O)N1CCC(C)CC1. The zero-order valence-corrected chi connectivity index (χ0v) is 19.6. The number of pyridine rings is 1. The number of benzene rings is 1. The van der Waals surface area contributed by atoms with Crippen molar-refractivity contribution in [2.45, 2.75) is 72.4 Å². The van der Waals surface area contributed by atoms with Crippen molar-refractivity contribution in [3.05, 3.63) is 51.1 Å². The highest BCUT2D eigenvalue weighted by molar-refractivity contribution is 5.83. The van der Waals surface area contributed by atoms with E-state index in [1.807, 2.05) is 10.7 Å². The zero-order chi connectivity index (χ0) is 22.3. The Balaban J connectivity index is 1.91. The van der Waals surface area contributed by atoms with Crippen molar-refractivity contribution < 1.29 is 0 Å². The summed E-state index contributed by atoms with van der Waals surface area (Å²) in [4.78, 5) is 19.0. The number of aryl methyl sites for hydroxylation is 2. The third-order valence-corrected chi connectivity index (χ3v) is 7.23. The van der Waals surface area contributed by atoms with Crippen molar-refractivity contribution in [3.8, 4) is 0 Å². The summed E-state index contributed by atoms with van der Waals surface area (Å²) in [5.74, 6) is 1.44. The lowest BCUT2D eigenvalue weighted by Gasteiger charge is -2.37. The van der Waals surface area contributed by atoms with E-state index < -0.39 is 0 Å². The van der Waals surface area contributed by atoms with Crippen LogP contribution in [0.4, 0.5) is 0 Å². The number of tetrazole rings is 1. The molecule has 3 aromatic rings. The molecule has 4 rings (SSSR count). The highest BCUT2D eigenvalue weighted by Crippen LogP contribution is 2.33. The van der Waals surface area contributed by atoms with Crippen molar-refractivity contribution in [2.75, 3.05) is 13.1 Å². The predicted octanol–water partition coefficient (Wildman–Crippen LogP) is 4.10. The maximum Gasteiger partial charge on any atom is 0.253 e. The molecule has 7 nitrogen and oxygen atoms in total. The molecule has 0 bridgehead atoms. The van der Waals surface area contributed by atoms with Gasteiger partial charge in [-0.05, 0) is 99.0 Å². The molecule has 1 unspecified atom stereocenters. The lowest BCUT2D eigenvalue weighted by molar-refractivity contribution is 0.143. The van der Waals surface area contributed by atoms with Crippen LogP contribution in [-0.4, -0.2) is 43.2 Å². The van der Waals surface area contributed by atoms with E-state index in [0.717, 1.165) is 54.6 Å². The summed E-state index contributed by atoms with van der Waals surface area (Å²) in [5.41, 5.74) is 3.61. The van der Waals surface area contributed by atoms with E-state index >= 15 is 0 Å². The first kappa shape index (κ1) is 21.7. The number of rotatable bonds is 5. The van der Waals surface area contributed by atoms with Gasteiger partial charge in [0, 0.05) is 5.56 Å². The first-order chi connectivity index (χ1) is 14.7. The van der Waals surface area contributed by atoms with Crippen LogP contribution in [0, 0.1) is 19.8 Å². The van der Waals surface area contributed by atoms with Crippen LogP contribution in [-0.2, 0) is 5.54 Å². The molecule has 0 saturated carbocycles. The molecule has 166 valence electrons. The maximum absolute atomic E-state index is 13.4. The van der Waals surface area contributed by atoms with Gasteiger partial charge in [-0.3, -0.25) is 9.69 Å². The summed E-state index contributed by atoms with van der Waals surface area (Å²) in [6, 6.07) is 5.97. The number of nitrogens with one attached hydrogen (secondary N) is 1. The topological polar surface area (TPSA) is 79.7 Å². The molecule has 7 heteroatoms. The quantitative estimate of drug-likeness (QED) is 0.670. The summed E-state index contributed by atoms with van der Waals surface area (Å²) in [6.45, 7) is 14.7. The van der Waals surface area contributed by atoms with Gasteiger partial charge in [0.1, 0.15) is 6.04 Å². The van der Waals surface area contributed by atoms with E-state index in [0.29, 0.717) is 11.5 Å². The molecular formula is C24H34N6O. The largest absolute Gasteiger partial charge is 0.321 e. The number of piperidine rings is 1. The zero-order valence-electron chi connectivity index (χ0n) is 19.6. The first-order valence-corrected chi connectivity index (χ1v) is 11.4. The third kappa shape index (κ3) is 3.91. The van der Waals surface area contributed by atoms with Crippen molar-refractivity contribution in [1.82, 2.24) is 30.1 Å². The van der Waals surface area contributed by atoms with Crippen molar-refractivity contribution in [1.29, 1.82) is 0 Å². The number of fused-ring (bicyclic) bond motifs is 1. The second-order valence-electron chi connectivity index (χ2n) is 9.76. The molecular weight excluding hydrogens is 388 g/mol. The Morgan fingerprint density at radius 2 is 1.94 bits per heavy atom. The normalized spacial score (nSPS) is 17.4. The fourth-order valence-electron chi connectivity index (χ4n) is 4.48. The molecule has 0 radical (unpaired) electrons. The van der Waals surface area contributed by atoms with Crippen molar-refractivity contribution in [3.63, 3.8) is 0 Å². The highest BCUT2D eigenvalue weighted by Gasteiger charge is 2.35. The minimum atomic E-state index is -0.275. The monoisotopic (exact) mass is 422 g/mol. The lowest BCUT2D eigenvalue weighted by atomic mass is 9.94. The fourth-order valence-corrected chi connectivity index (χ4v) is 4.48. The van der Waals surface area contributed by atoms with Gasteiger partial charge in [0.15, 0.2) is 5.82 Å². The Labute approximate surface area is 183 Å². The van der Waals surface area contributed by atoms with Crippen LogP contribution in [0.2, 0.25) is 0 Å². The minimum absolute atomic E-state index is 0.0614. The van der Waals surface area contributed by atoms with E-state index in [2.05, 4.69) is 79.1 Å². The Morgan fingerprint density at radius 1 is 1.23 bits per heavy atom. The number of hydrogen-bond donors (Lipinski definition) is 1. The average Bonchev–Trinajstić information content (AvgIpc) is 3.24. The number of nitrogens with zero attached hydrogens (tertiary/aromatic N) is 5. The van der Waals surface area contributed by atoms with Gasteiger partial charge in [-0.2, -0.15) is 0 Å². The second kappa shape index (κ2) is 8.19. The molecule has 2 aromatic heterocycles. The number of H-pyrrole nitrogens is 1. The summed E-state index contributed by atoms with van der Waals surface area (Å²) in [6.07, 6.45) is 3.11. The maximum atomic E-state index is 13.4. The Hall–Kier alpha value is -2.54. The van der Waals surface area contributed by atoms with Crippen LogP contribution < -0.4 is 5.56 Å². The standard InChI is InChI=1S/C24H34N6O/c1-7-24(5,6)30-22(26-27-28-30)21(29-12-10-15(2)11-13-29)19-14-18-9-8-16(3)17(4)20(18)25-23(19)31/h8-9,14-15,21H,7,10-13H2,1-6H3,(H,25,31). The van der Waals surface area contributed by atoms with Gasteiger partial charge < -0.3 is 4.98 Å². The van der Waals surface area contributed by atoms with Crippen LogP contribution in [0.3, 0.4) is 0 Å². The predicted molar refractivity (Wildman–Crippen MR) is 123 cm³/mol. The van der Waals surface area contributed by atoms with Gasteiger partial charge in [0.2, 0.25) is 0 Å². The van der Waals surface area contributed by atoms with Crippen LogP contribution in [0.1, 0.15) is 75.5 Å². The van der Waals surface area contributed by atoms with Gasteiger partial charge in [-0.15, -0.1) is 5.10 Å². The van der Waals surface area contributed by atoms with E-state index in [1.165, 1.54) is 5.56 Å². The van der Waals surface area contributed by atoms with Crippen LogP contribution >= 0.6 is 0 Å². The molecule has 1 atom stereocenters. The summed E-state index contributed by atoms with van der Waals surface area (Å²) >= 11 is 0. The van der Waals surface area contributed by atoms with E-state index in [4.69, 9.17) is 0 Å². The van der Waals surface area contributed by atoms with Gasteiger partial charge >= 0.3 is 0 Å². The minimum Gasteiger partial charge on any atom is -0.321 e. The van der Waals surface area contributed by atoms with Gasteiger partial charge in [-0.25, -0.2) is 4.68 Å². The molecule has 1 aliphatic heterocycles. The average molecular weight is 423 g/mol. The lowest BCUT2D eigenvalue weighted by Crippen LogP contribution is -2.41. The molecule has 0 amide bonds. The Bertz CT molecular complexity index is 1140. The Morgan fingerprint density at radius 3 is 2.61 bits per heavy atom. The third-order valence-electron chi connectivity index (χ3n) is 7.23. The smallest absolute Gasteiger partial charge is 0.253 e. The number of aromatic amines is 1. The number of aromatic nitrogens is 5. The van der Waals surface area contributed by atoms with Gasteiger partial charge in [0.05, 0.1) is 11.1 Å². The molecule has 1 aromatic carbocycles. The first-order valence-electron chi connectivity index (χ1n) is 11.4. The molecule has 0 spiro atoms. The molecule has 1 aliphatic rings. The number of hydrogen-bond acceptors (Lipinski definition) is 5. The van der Waals surface area contributed by atoms with E-state index in [9.17, 15) is 4.79 Å². The van der Waals surface area contributed by atoms with E-state index in [-0.39, 0.29) is 17.1 Å². The second-order valence-corrected chi connectivity index (χ2v) is 9.76. The fraction of sp³-hybridized carbons (Fsp3) is 0.583. The summed E-state index contributed by atoms with van der Waals surface area (Å²) in [7, 11) is 0. The molecule has 1 saturated heterocycles.